The van der Waals surface area contributed by atoms with Crippen molar-refractivity contribution in [2.45, 2.75) is 17.4 Å². The minimum absolute atomic E-state index is 0.00566. The summed E-state index contributed by atoms with van der Waals surface area (Å²) in [6.45, 7) is 2.62. The number of ether oxygens (including phenoxy) is 3. The highest BCUT2D eigenvalue weighted by Crippen LogP contribution is 2.42. The third kappa shape index (κ3) is 8.03. The number of aliphatic carboxylic acids is 2. The first kappa shape index (κ1) is 29.5. The van der Waals surface area contributed by atoms with Gasteiger partial charge in [-0.05, 0) is 54.9 Å². The lowest BCUT2D eigenvalue weighted by atomic mass is 10.2. The first-order valence-corrected chi connectivity index (χ1v) is 13.7. The second-order valence-electron chi connectivity index (χ2n) is 8.96. The third-order valence-electron chi connectivity index (χ3n) is 6.13. The molecule has 1 atom stereocenters. The molecule has 5 rings (SSSR count). The van der Waals surface area contributed by atoms with Crippen molar-refractivity contribution >= 4 is 40.2 Å². The monoisotopic (exact) mass is 578 g/mol. The van der Waals surface area contributed by atoms with E-state index in [1.807, 2.05) is 71.6 Å². The van der Waals surface area contributed by atoms with Crippen molar-refractivity contribution in [3.63, 3.8) is 0 Å². The molecule has 2 aliphatic heterocycles. The Balaban J connectivity index is 0.000000585. The number of hydrogen-bond donors (Lipinski definition) is 3. The zero-order chi connectivity index (χ0) is 29.2. The fraction of sp³-hybridized carbons (Fsp3) is 0.233. The molecular weight excluding hydrogens is 548 g/mol. The van der Waals surface area contributed by atoms with E-state index in [0.717, 1.165) is 51.3 Å². The molecule has 1 amide bonds. The molecule has 41 heavy (non-hydrogen) atoms. The Kier molecular flexibility index (Phi) is 10.2. The van der Waals surface area contributed by atoms with Crippen LogP contribution in [-0.4, -0.2) is 67.5 Å². The van der Waals surface area contributed by atoms with E-state index in [4.69, 9.17) is 34.0 Å². The molecule has 0 bridgehead atoms. The number of carbonyl (C=O) groups is 3. The quantitative estimate of drug-likeness (QED) is 0.264. The molecule has 0 aromatic heterocycles. The van der Waals surface area contributed by atoms with Crippen molar-refractivity contribution < 1.29 is 38.8 Å². The molecule has 3 aromatic rings. The van der Waals surface area contributed by atoms with Crippen molar-refractivity contribution in [2.75, 3.05) is 38.3 Å². The van der Waals surface area contributed by atoms with Gasteiger partial charge in [0.05, 0.1) is 12.8 Å². The van der Waals surface area contributed by atoms with Crippen LogP contribution in [0.25, 0.3) is 4.91 Å². The van der Waals surface area contributed by atoms with Crippen LogP contribution in [0.5, 0.6) is 17.2 Å². The molecule has 0 fully saturated rings. The van der Waals surface area contributed by atoms with Gasteiger partial charge in [-0.2, -0.15) is 0 Å². The van der Waals surface area contributed by atoms with E-state index in [1.54, 1.807) is 24.9 Å². The summed E-state index contributed by atoms with van der Waals surface area (Å²) in [6, 6.07) is 23.6. The number of carboxylic acid groups (broad SMARTS) is 2. The summed E-state index contributed by atoms with van der Waals surface area (Å²) in [6.07, 6.45) is 2.53. The van der Waals surface area contributed by atoms with Crippen LogP contribution in [0.15, 0.2) is 83.8 Å². The van der Waals surface area contributed by atoms with Gasteiger partial charge in [0.1, 0.15) is 18.5 Å². The van der Waals surface area contributed by atoms with E-state index in [9.17, 15) is 4.79 Å². The maximum Gasteiger partial charge on any atom is 0.414 e. The molecule has 0 aliphatic carbocycles. The number of carboxylic acids is 2. The number of rotatable bonds is 8. The average molecular weight is 579 g/mol. The third-order valence-corrected chi connectivity index (χ3v) is 7.27. The first-order valence-electron chi connectivity index (χ1n) is 12.9. The molecule has 11 heteroatoms. The number of thioether (sulfide) groups is 1. The van der Waals surface area contributed by atoms with Gasteiger partial charge in [0.15, 0.2) is 11.5 Å². The van der Waals surface area contributed by atoms with E-state index in [2.05, 4.69) is 11.4 Å². The highest BCUT2D eigenvalue weighted by Gasteiger charge is 2.24. The van der Waals surface area contributed by atoms with Gasteiger partial charge < -0.3 is 34.6 Å². The lowest BCUT2D eigenvalue weighted by Crippen LogP contribution is -2.39. The maximum atomic E-state index is 13.3. The van der Waals surface area contributed by atoms with Crippen LogP contribution in [0.1, 0.15) is 12.0 Å². The lowest BCUT2D eigenvalue weighted by Gasteiger charge is -2.27. The SMILES string of the molecule is COc1ccc(C2=CC(=O)N(CCCNCC3COc4ccccc4O3)c3ccccc3S2)cc1.O=C(O)C(=O)O. The lowest BCUT2D eigenvalue weighted by molar-refractivity contribution is -0.159. The van der Waals surface area contributed by atoms with E-state index in [1.165, 1.54) is 0 Å². The van der Waals surface area contributed by atoms with E-state index >= 15 is 0 Å². The Morgan fingerprint density at radius 3 is 2.39 bits per heavy atom. The number of carbonyl (C=O) groups excluding carboxylic acids is 1. The molecular formula is C30H30N2O8S. The Bertz CT molecular complexity index is 1400. The Morgan fingerprint density at radius 2 is 1.68 bits per heavy atom. The molecule has 214 valence electrons. The highest BCUT2D eigenvalue weighted by molar-refractivity contribution is 8.08. The minimum atomic E-state index is -1.82. The molecule has 0 saturated heterocycles. The van der Waals surface area contributed by atoms with Crippen LogP contribution in [0, 0.1) is 0 Å². The van der Waals surface area contributed by atoms with Crippen LogP contribution in [0.3, 0.4) is 0 Å². The highest BCUT2D eigenvalue weighted by atomic mass is 32.2. The van der Waals surface area contributed by atoms with E-state index in [0.29, 0.717) is 19.7 Å². The maximum absolute atomic E-state index is 13.3. The predicted molar refractivity (Wildman–Crippen MR) is 155 cm³/mol. The van der Waals surface area contributed by atoms with Crippen molar-refractivity contribution in [2.24, 2.45) is 0 Å². The number of nitrogens with one attached hydrogen (secondary N) is 1. The molecule has 1 unspecified atom stereocenters. The number of methoxy groups -OCH3 is 1. The number of amides is 1. The summed E-state index contributed by atoms with van der Waals surface area (Å²) in [5.41, 5.74) is 1.95. The summed E-state index contributed by atoms with van der Waals surface area (Å²) in [5.74, 6) is -1.28. The summed E-state index contributed by atoms with van der Waals surface area (Å²) < 4.78 is 17.1. The largest absolute Gasteiger partial charge is 0.497 e. The molecule has 0 radical (unpaired) electrons. The molecule has 3 aromatic carbocycles. The molecule has 10 nitrogen and oxygen atoms in total. The summed E-state index contributed by atoms with van der Waals surface area (Å²) in [4.78, 5) is 35.3. The number of fused-ring (bicyclic) bond motifs is 2. The average Bonchev–Trinajstić information content (AvgIpc) is 3.13. The number of hydrogen-bond acceptors (Lipinski definition) is 8. The van der Waals surface area contributed by atoms with Gasteiger partial charge in [-0.25, -0.2) is 9.59 Å². The van der Waals surface area contributed by atoms with Gasteiger partial charge in [0.2, 0.25) is 0 Å². The van der Waals surface area contributed by atoms with Crippen molar-refractivity contribution in [3.05, 3.63) is 84.4 Å². The standard InChI is InChI=1S/C28H28N2O4S.C2H2O4/c1-32-21-13-11-20(12-14-21)27-17-28(31)30(23-7-2-5-10-26(23)35-27)16-6-15-29-18-22-19-33-24-8-3-4-9-25(24)34-22;3-1(4)2(5)6/h2-5,7-14,17,22,29H,6,15-16,18-19H2,1H3;(H,3,4)(H,5,6). The smallest absolute Gasteiger partial charge is 0.414 e. The van der Waals surface area contributed by atoms with Crippen LogP contribution < -0.4 is 24.4 Å². The normalized spacial score (nSPS) is 15.4. The van der Waals surface area contributed by atoms with E-state index in [-0.39, 0.29) is 12.0 Å². The zero-order valence-electron chi connectivity index (χ0n) is 22.3. The topological polar surface area (TPSA) is 135 Å². The molecule has 3 N–H and O–H groups in total. The fourth-order valence-electron chi connectivity index (χ4n) is 4.14. The number of benzene rings is 3. The first-order chi connectivity index (χ1) is 19.9. The number of anilines is 1. The Morgan fingerprint density at radius 1 is 1.00 bits per heavy atom. The second-order valence-corrected chi connectivity index (χ2v) is 10.0. The number of nitrogens with zero attached hydrogens (tertiary/aromatic N) is 1. The second kappa shape index (κ2) is 14.2. The Labute approximate surface area is 241 Å². The Hall–Kier alpha value is -4.48. The molecule has 2 heterocycles. The van der Waals surface area contributed by atoms with E-state index < -0.39 is 11.9 Å². The van der Waals surface area contributed by atoms with Gasteiger partial charge in [0, 0.05) is 29.0 Å². The van der Waals surface area contributed by atoms with Crippen molar-refractivity contribution in [1.82, 2.24) is 5.32 Å². The van der Waals surface area contributed by atoms with Crippen molar-refractivity contribution in [1.29, 1.82) is 0 Å². The zero-order valence-corrected chi connectivity index (χ0v) is 23.1. The van der Waals surface area contributed by atoms with Crippen LogP contribution >= 0.6 is 11.8 Å². The van der Waals surface area contributed by atoms with Gasteiger partial charge >= 0.3 is 11.9 Å². The van der Waals surface area contributed by atoms with Crippen LogP contribution in [0.2, 0.25) is 0 Å². The molecule has 2 aliphatic rings. The molecule has 0 saturated carbocycles. The predicted octanol–water partition coefficient (Wildman–Crippen LogP) is 4.15. The minimum Gasteiger partial charge on any atom is -0.497 e. The van der Waals surface area contributed by atoms with Gasteiger partial charge in [-0.3, -0.25) is 4.79 Å². The van der Waals surface area contributed by atoms with Gasteiger partial charge in [0.25, 0.3) is 5.91 Å². The van der Waals surface area contributed by atoms with Crippen molar-refractivity contribution in [3.8, 4) is 17.2 Å². The van der Waals surface area contributed by atoms with Crippen LogP contribution in [-0.2, 0) is 14.4 Å². The van der Waals surface area contributed by atoms with Gasteiger partial charge in [-0.15, -0.1) is 0 Å². The summed E-state index contributed by atoms with van der Waals surface area (Å²) >= 11 is 1.62. The molecule has 0 spiro atoms. The fourth-order valence-corrected chi connectivity index (χ4v) is 5.22. The summed E-state index contributed by atoms with van der Waals surface area (Å²) in [7, 11) is 1.65. The van der Waals surface area contributed by atoms with Crippen LogP contribution in [0.4, 0.5) is 5.69 Å². The number of para-hydroxylation sites is 3. The summed E-state index contributed by atoms with van der Waals surface area (Å²) in [5, 5.41) is 18.2. The van der Waals surface area contributed by atoms with Gasteiger partial charge in [-0.1, -0.05) is 48.2 Å².